The van der Waals surface area contributed by atoms with Crippen LogP contribution in [0.1, 0.15) is 76.2 Å². The van der Waals surface area contributed by atoms with Gasteiger partial charge in [-0.15, -0.1) is 0 Å². The number of carbonyl (C=O) groups excluding carboxylic acids is 1. The van der Waals surface area contributed by atoms with Gasteiger partial charge in [0.2, 0.25) is 0 Å². The first-order chi connectivity index (χ1) is 16.5. The number of methoxy groups -OCH3 is 1. The molecular weight excluding hydrogens is 452 g/mol. The van der Waals surface area contributed by atoms with Crippen molar-refractivity contribution in [2.45, 2.75) is 82.3 Å². The van der Waals surface area contributed by atoms with Gasteiger partial charge >= 0.3 is 6.03 Å². The number of nitrogens with one attached hydrogen (secondary N) is 1. The van der Waals surface area contributed by atoms with E-state index >= 15 is 0 Å². The maximum absolute atomic E-state index is 13.2. The topological polar surface area (TPSA) is 82.0 Å². The second kappa shape index (κ2) is 13.7. The quantitative estimate of drug-likeness (QED) is 0.374. The molecule has 34 heavy (non-hydrogen) atoms. The summed E-state index contributed by atoms with van der Waals surface area (Å²) in [6.45, 7) is 1.78. The summed E-state index contributed by atoms with van der Waals surface area (Å²) in [5.74, 6) is 0.499. The summed E-state index contributed by atoms with van der Waals surface area (Å²) in [6.07, 6.45) is 11.0. The average Bonchev–Trinajstić information content (AvgIpc) is 2.86. The molecule has 1 aromatic rings. The predicted octanol–water partition coefficient (Wildman–Crippen LogP) is 5.10. The number of likely N-dealkylation sites (tertiary alicyclic amines) is 1. The molecule has 1 saturated heterocycles. The van der Waals surface area contributed by atoms with Gasteiger partial charge in [-0.25, -0.2) is 4.79 Å². The smallest absolute Gasteiger partial charge is 0.317 e. The van der Waals surface area contributed by atoms with Gasteiger partial charge in [0.15, 0.2) is 0 Å². The zero-order valence-corrected chi connectivity index (χ0v) is 21.4. The molecule has 0 bridgehead atoms. The Kier molecular flexibility index (Phi) is 11.0. The van der Waals surface area contributed by atoms with E-state index in [9.17, 15) is 15.0 Å². The lowest BCUT2D eigenvalue weighted by Crippen LogP contribution is -2.53. The number of carbonyl (C=O) groups is 1. The molecule has 0 radical (unpaired) electrons. The van der Waals surface area contributed by atoms with Crippen LogP contribution in [0.25, 0.3) is 0 Å². The van der Waals surface area contributed by atoms with E-state index in [4.69, 9.17) is 16.3 Å². The fourth-order valence-electron chi connectivity index (χ4n) is 5.80. The summed E-state index contributed by atoms with van der Waals surface area (Å²) in [5, 5.41) is 25.6. The van der Waals surface area contributed by atoms with Gasteiger partial charge in [0.05, 0.1) is 18.2 Å². The molecule has 3 N–H and O–H groups in total. The van der Waals surface area contributed by atoms with Gasteiger partial charge in [0, 0.05) is 37.7 Å². The van der Waals surface area contributed by atoms with Crippen molar-refractivity contribution in [3.63, 3.8) is 0 Å². The van der Waals surface area contributed by atoms with E-state index in [0.29, 0.717) is 37.1 Å². The SMILES string of the molecule is COCCCC[C@@](O)(c1cccc(Cl)c1)[C@@H]1CCCN(C(=O)NC(CO)CC2CCCCC2)C1. The molecule has 1 saturated carbocycles. The first-order valence-electron chi connectivity index (χ1n) is 13.1. The fourth-order valence-corrected chi connectivity index (χ4v) is 5.99. The van der Waals surface area contributed by atoms with Crippen LogP contribution in [0.5, 0.6) is 0 Å². The largest absolute Gasteiger partial charge is 0.394 e. The van der Waals surface area contributed by atoms with Crippen LogP contribution in [0, 0.1) is 11.8 Å². The molecule has 1 aliphatic carbocycles. The average molecular weight is 495 g/mol. The van der Waals surface area contributed by atoms with Crippen molar-refractivity contribution in [1.82, 2.24) is 10.2 Å². The molecule has 3 rings (SSSR count). The normalized spacial score (nSPS) is 22.2. The van der Waals surface area contributed by atoms with Crippen molar-refractivity contribution in [3.8, 4) is 0 Å². The van der Waals surface area contributed by atoms with Crippen molar-refractivity contribution in [2.75, 3.05) is 33.4 Å². The Morgan fingerprint density at radius 2 is 2.03 bits per heavy atom. The number of hydrogen-bond acceptors (Lipinski definition) is 4. The molecule has 6 nitrogen and oxygen atoms in total. The van der Waals surface area contributed by atoms with Crippen molar-refractivity contribution >= 4 is 17.6 Å². The number of ether oxygens (including phenoxy) is 1. The monoisotopic (exact) mass is 494 g/mol. The third-order valence-electron chi connectivity index (χ3n) is 7.76. The minimum Gasteiger partial charge on any atom is -0.394 e. The highest BCUT2D eigenvalue weighted by Gasteiger charge is 2.41. The van der Waals surface area contributed by atoms with Crippen LogP contribution < -0.4 is 5.32 Å². The van der Waals surface area contributed by atoms with E-state index in [1.54, 1.807) is 7.11 Å². The van der Waals surface area contributed by atoms with E-state index in [1.165, 1.54) is 32.1 Å². The second-order valence-corrected chi connectivity index (χ2v) is 10.7. The van der Waals surface area contributed by atoms with Crippen molar-refractivity contribution in [1.29, 1.82) is 0 Å². The van der Waals surface area contributed by atoms with Crippen LogP contribution in [0.2, 0.25) is 5.02 Å². The van der Waals surface area contributed by atoms with Gasteiger partial charge < -0.3 is 25.2 Å². The lowest BCUT2D eigenvalue weighted by atomic mass is 9.74. The minimum atomic E-state index is -1.06. The Balaban J connectivity index is 1.66. The lowest BCUT2D eigenvalue weighted by molar-refractivity contribution is -0.0564. The summed E-state index contributed by atoms with van der Waals surface area (Å²) in [4.78, 5) is 15.0. The van der Waals surface area contributed by atoms with Crippen LogP contribution in [-0.4, -0.2) is 60.6 Å². The van der Waals surface area contributed by atoms with E-state index in [2.05, 4.69) is 5.32 Å². The first kappa shape index (κ1) is 27.3. The van der Waals surface area contributed by atoms with Gasteiger partial charge in [0.25, 0.3) is 0 Å². The number of unbranched alkanes of at least 4 members (excludes halogenated alkanes) is 1. The van der Waals surface area contributed by atoms with Crippen LogP contribution in [0.3, 0.4) is 0 Å². The zero-order chi connectivity index (χ0) is 24.4. The predicted molar refractivity (Wildman–Crippen MR) is 136 cm³/mol. The molecule has 192 valence electrons. The van der Waals surface area contributed by atoms with Gasteiger partial charge in [-0.2, -0.15) is 0 Å². The number of benzene rings is 1. The first-order valence-corrected chi connectivity index (χ1v) is 13.5. The van der Waals surface area contributed by atoms with E-state index in [1.807, 2.05) is 29.2 Å². The highest BCUT2D eigenvalue weighted by Crippen LogP contribution is 2.40. The maximum atomic E-state index is 13.2. The van der Waals surface area contributed by atoms with E-state index in [0.717, 1.165) is 37.7 Å². The van der Waals surface area contributed by atoms with Crippen molar-refractivity contribution < 1.29 is 19.7 Å². The van der Waals surface area contributed by atoms with Crippen LogP contribution in [-0.2, 0) is 10.3 Å². The number of piperidine rings is 1. The lowest BCUT2D eigenvalue weighted by Gasteiger charge is -2.43. The number of urea groups is 1. The zero-order valence-electron chi connectivity index (χ0n) is 20.7. The number of aliphatic hydroxyl groups is 2. The number of hydrogen-bond donors (Lipinski definition) is 3. The van der Waals surface area contributed by atoms with Crippen LogP contribution in [0.15, 0.2) is 24.3 Å². The third kappa shape index (κ3) is 7.58. The Labute approximate surface area is 210 Å². The Hall–Kier alpha value is -1.34. The number of rotatable bonds is 11. The summed E-state index contributed by atoms with van der Waals surface area (Å²) in [5.41, 5.74) is -0.244. The number of amides is 2. The van der Waals surface area contributed by atoms with Gasteiger partial charge in [0.1, 0.15) is 0 Å². The Bertz CT molecular complexity index is 758. The van der Waals surface area contributed by atoms with Crippen LogP contribution >= 0.6 is 11.6 Å². The summed E-state index contributed by atoms with van der Waals surface area (Å²) < 4.78 is 5.19. The molecule has 3 atom stereocenters. The molecule has 1 unspecified atom stereocenters. The maximum Gasteiger partial charge on any atom is 0.317 e. The summed E-state index contributed by atoms with van der Waals surface area (Å²) >= 11 is 6.28. The third-order valence-corrected chi connectivity index (χ3v) is 7.99. The van der Waals surface area contributed by atoms with Crippen molar-refractivity contribution in [3.05, 3.63) is 34.9 Å². The van der Waals surface area contributed by atoms with Gasteiger partial charge in [-0.1, -0.05) is 55.8 Å². The number of nitrogens with zero attached hydrogens (tertiary/aromatic N) is 1. The van der Waals surface area contributed by atoms with Crippen molar-refractivity contribution in [2.24, 2.45) is 11.8 Å². The molecule has 1 aromatic carbocycles. The minimum absolute atomic E-state index is 0.0362. The molecule has 1 heterocycles. The molecular formula is C27H43ClN2O4. The van der Waals surface area contributed by atoms with Gasteiger partial charge in [-0.3, -0.25) is 0 Å². The molecule has 2 aliphatic rings. The van der Waals surface area contributed by atoms with E-state index < -0.39 is 5.60 Å². The second-order valence-electron chi connectivity index (χ2n) is 10.2. The molecule has 2 amide bonds. The van der Waals surface area contributed by atoms with E-state index in [-0.39, 0.29) is 24.6 Å². The van der Waals surface area contributed by atoms with Gasteiger partial charge in [-0.05, 0) is 62.1 Å². The fraction of sp³-hybridized carbons (Fsp3) is 0.741. The summed E-state index contributed by atoms with van der Waals surface area (Å²) in [6, 6.07) is 7.14. The number of aliphatic hydroxyl groups excluding tert-OH is 1. The highest BCUT2D eigenvalue weighted by molar-refractivity contribution is 6.30. The van der Waals surface area contributed by atoms with Crippen LogP contribution in [0.4, 0.5) is 4.79 Å². The molecule has 1 aliphatic heterocycles. The molecule has 0 aromatic heterocycles. The molecule has 0 spiro atoms. The number of halogens is 1. The Morgan fingerprint density at radius 3 is 2.74 bits per heavy atom. The molecule has 7 heteroatoms. The summed E-state index contributed by atoms with van der Waals surface area (Å²) in [7, 11) is 1.69. The molecule has 2 fully saturated rings. The Morgan fingerprint density at radius 1 is 1.24 bits per heavy atom. The standard InChI is InChI=1S/C27H43ClN2O4/c1-34-16-6-5-14-27(33,22-11-7-13-24(28)18-22)23-12-8-15-30(19-23)26(32)29-25(20-31)17-21-9-3-2-4-10-21/h7,11,13,18,21,23,25,31,33H,2-6,8-10,12,14-17,19-20H2,1H3,(H,29,32)/t23-,25?,27-/m1/s1. The highest BCUT2D eigenvalue weighted by atomic mass is 35.5.